The van der Waals surface area contributed by atoms with Crippen LogP contribution < -0.4 is 5.73 Å². The molecule has 1 aromatic heterocycles. The molecule has 7 heteroatoms. The van der Waals surface area contributed by atoms with Crippen molar-refractivity contribution in [2.75, 3.05) is 12.8 Å². The zero-order chi connectivity index (χ0) is 11.6. The Hall–Kier alpha value is -1.60. The van der Waals surface area contributed by atoms with Gasteiger partial charge in [0.15, 0.2) is 6.10 Å². The Morgan fingerprint density at radius 2 is 2.27 bits per heavy atom. The summed E-state index contributed by atoms with van der Waals surface area (Å²) >= 11 is 0. The van der Waals surface area contributed by atoms with Gasteiger partial charge in [-0.3, -0.25) is 4.68 Å². The van der Waals surface area contributed by atoms with Crippen molar-refractivity contribution in [3.05, 3.63) is 11.8 Å². The highest BCUT2D eigenvalue weighted by Crippen LogP contribution is 2.22. The van der Waals surface area contributed by atoms with Gasteiger partial charge in [-0.05, 0) is 0 Å². The van der Waals surface area contributed by atoms with E-state index in [1.54, 1.807) is 7.05 Å². The maximum absolute atomic E-state index is 10.9. The quantitative estimate of drug-likeness (QED) is 0.533. The minimum Gasteiger partial charge on any atom is -0.467 e. The number of hydrogen-bond donors (Lipinski definition) is 3. The van der Waals surface area contributed by atoms with E-state index < -0.39 is 18.2 Å². The molecule has 0 saturated carbocycles. The molecule has 84 valence electrons. The van der Waals surface area contributed by atoms with Crippen LogP contribution in [0.25, 0.3) is 0 Å². The van der Waals surface area contributed by atoms with E-state index in [2.05, 4.69) is 9.84 Å². The predicted octanol–water partition coefficient (Wildman–Crippen LogP) is -1.43. The molecule has 15 heavy (non-hydrogen) atoms. The summed E-state index contributed by atoms with van der Waals surface area (Å²) in [7, 11) is 2.70. The van der Waals surface area contributed by atoms with Crippen molar-refractivity contribution in [2.45, 2.75) is 12.2 Å². The number of anilines is 1. The van der Waals surface area contributed by atoms with Crippen LogP contribution in [-0.2, 0) is 16.6 Å². The molecule has 0 saturated heterocycles. The van der Waals surface area contributed by atoms with Crippen LogP contribution in [0.4, 0.5) is 5.82 Å². The average Bonchev–Trinajstić information content (AvgIpc) is 2.56. The Morgan fingerprint density at radius 1 is 1.67 bits per heavy atom. The Morgan fingerprint density at radius 3 is 2.67 bits per heavy atom. The van der Waals surface area contributed by atoms with Gasteiger partial charge >= 0.3 is 5.97 Å². The van der Waals surface area contributed by atoms with Gasteiger partial charge in [0, 0.05) is 12.6 Å². The van der Waals surface area contributed by atoms with Gasteiger partial charge in [-0.1, -0.05) is 0 Å². The number of hydrogen-bond acceptors (Lipinski definition) is 6. The molecule has 0 radical (unpaired) electrons. The van der Waals surface area contributed by atoms with Crippen LogP contribution in [0.5, 0.6) is 0 Å². The maximum Gasteiger partial charge on any atom is 0.337 e. The zero-order valence-electron chi connectivity index (χ0n) is 8.41. The van der Waals surface area contributed by atoms with Gasteiger partial charge in [0.25, 0.3) is 0 Å². The highest BCUT2D eigenvalue weighted by molar-refractivity contribution is 5.75. The fraction of sp³-hybridized carbons (Fsp3) is 0.500. The third-order valence-electron chi connectivity index (χ3n) is 2.07. The molecular weight excluding hydrogens is 202 g/mol. The Balaban J connectivity index is 2.89. The summed E-state index contributed by atoms with van der Waals surface area (Å²) in [6.45, 7) is 0. The molecule has 1 heterocycles. The molecular formula is C8H13N3O4. The molecule has 2 unspecified atom stereocenters. The fourth-order valence-electron chi connectivity index (χ4n) is 1.11. The summed E-state index contributed by atoms with van der Waals surface area (Å²) in [6, 6.07) is 0. The Bertz CT molecular complexity index is 363. The number of nitrogens with zero attached hydrogens (tertiary/aromatic N) is 2. The molecule has 0 aliphatic heterocycles. The third kappa shape index (κ3) is 2.08. The number of aromatic nitrogens is 2. The summed E-state index contributed by atoms with van der Waals surface area (Å²) in [4.78, 5) is 10.9. The molecule has 0 bridgehead atoms. The third-order valence-corrected chi connectivity index (χ3v) is 2.07. The molecule has 0 aromatic carbocycles. The molecule has 4 N–H and O–H groups in total. The van der Waals surface area contributed by atoms with E-state index in [1.807, 2.05) is 0 Å². The van der Waals surface area contributed by atoms with Crippen molar-refractivity contribution in [1.29, 1.82) is 0 Å². The highest BCUT2D eigenvalue weighted by atomic mass is 16.5. The standard InChI is InChI=1S/C8H13N3O4/c1-11-7(9)4(3-10-11)5(12)6(13)8(14)15-2/h3,5-6,12-13H,9H2,1-2H3. The zero-order valence-corrected chi connectivity index (χ0v) is 8.41. The van der Waals surface area contributed by atoms with E-state index in [9.17, 15) is 15.0 Å². The lowest BCUT2D eigenvalue weighted by atomic mass is 10.1. The van der Waals surface area contributed by atoms with E-state index >= 15 is 0 Å². The van der Waals surface area contributed by atoms with Crippen LogP contribution in [0.1, 0.15) is 11.7 Å². The normalized spacial score (nSPS) is 14.7. The summed E-state index contributed by atoms with van der Waals surface area (Å²) in [5.74, 6) is -0.740. The monoisotopic (exact) mass is 215 g/mol. The molecule has 0 fully saturated rings. The second-order valence-electron chi connectivity index (χ2n) is 3.02. The van der Waals surface area contributed by atoms with Crippen LogP contribution in [0.15, 0.2) is 6.20 Å². The van der Waals surface area contributed by atoms with Gasteiger partial charge in [-0.2, -0.15) is 5.10 Å². The van der Waals surface area contributed by atoms with Crippen molar-refractivity contribution < 1.29 is 19.7 Å². The van der Waals surface area contributed by atoms with Crippen molar-refractivity contribution >= 4 is 11.8 Å². The number of aliphatic hydroxyl groups excluding tert-OH is 2. The minimum atomic E-state index is -1.67. The average molecular weight is 215 g/mol. The number of aliphatic hydroxyl groups is 2. The molecule has 1 rings (SSSR count). The van der Waals surface area contributed by atoms with E-state index in [0.29, 0.717) is 0 Å². The summed E-state index contributed by atoms with van der Waals surface area (Å²) < 4.78 is 5.61. The lowest BCUT2D eigenvalue weighted by Gasteiger charge is -2.14. The van der Waals surface area contributed by atoms with Gasteiger partial charge in [-0.25, -0.2) is 4.79 Å². The number of carbonyl (C=O) groups is 1. The molecule has 7 nitrogen and oxygen atoms in total. The minimum absolute atomic E-state index is 0.186. The van der Waals surface area contributed by atoms with Crippen LogP contribution in [-0.4, -0.2) is 39.2 Å². The first-order valence-electron chi connectivity index (χ1n) is 4.20. The van der Waals surface area contributed by atoms with Crippen molar-refractivity contribution in [3.8, 4) is 0 Å². The van der Waals surface area contributed by atoms with E-state index in [1.165, 1.54) is 10.9 Å². The van der Waals surface area contributed by atoms with Gasteiger partial charge in [0.2, 0.25) is 0 Å². The van der Waals surface area contributed by atoms with Crippen molar-refractivity contribution in [1.82, 2.24) is 9.78 Å². The van der Waals surface area contributed by atoms with Crippen LogP contribution >= 0.6 is 0 Å². The highest BCUT2D eigenvalue weighted by Gasteiger charge is 2.29. The van der Waals surface area contributed by atoms with Crippen LogP contribution in [0.3, 0.4) is 0 Å². The lowest BCUT2D eigenvalue weighted by Crippen LogP contribution is -2.29. The first-order chi connectivity index (χ1) is 6.99. The maximum atomic E-state index is 10.9. The van der Waals surface area contributed by atoms with Gasteiger partial charge in [-0.15, -0.1) is 0 Å². The van der Waals surface area contributed by atoms with Crippen LogP contribution in [0, 0.1) is 0 Å². The Kier molecular flexibility index (Phi) is 3.28. The van der Waals surface area contributed by atoms with Gasteiger partial charge < -0.3 is 20.7 Å². The molecule has 0 amide bonds. The first kappa shape index (κ1) is 11.5. The molecule has 0 aliphatic rings. The SMILES string of the molecule is COC(=O)C(O)C(O)c1cnn(C)c1N. The molecule has 0 spiro atoms. The lowest BCUT2D eigenvalue weighted by molar-refractivity contribution is -0.156. The number of rotatable bonds is 3. The summed E-state index contributed by atoms with van der Waals surface area (Å²) in [5.41, 5.74) is 5.75. The fourth-order valence-corrected chi connectivity index (χ4v) is 1.11. The number of aryl methyl sites for hydroxylation is 1. The number of methoxy groups -OCH3 is 1. The smallest absolute Gasteiger partial charge is 0.337 e. The molecule has 1 aromatic rings. The van der Waals surface area contributed by atoms with Crippen LogP contribution in [0.2, 0.25) is 0 Å². The number of nitrogen functional groups attached to an aromatic ring is 1. The summed E-state index contributed by atoms with van der Waals surface area (Å²) in [5, 5.41) is 22.7. The van der Waals surface area contributed by atoms with Gasteiger partial charge in [0.1, 0.15) is 11.9 Å². The summed E-state index contributed by atoms with van der Waals surface area (Å²) in [6.07, 6.45) is -1.82. The van der Waals surface area contributed by atoms with Gasteiger partial charge in [0.05, 0.1) is 13.3 Å². The predicted molar refractivity (Wildman–Crippen MR) is 50.6 cm³/mol. The number of ether oxygens (including phenoxy) is 1. The van der Waals surface area contributed by atoms with Crippen molar-refractivity contribution in [3.63, 3.8) is 0 Å². The Labute approximate surface area is 86.1 Å². The second kappa shape index (κ2) is 4.28. The largest absolute Gasteiger partial charge is 0.467 e. The van der Waals surface area contributed by atoms with E-state index in [-0.39, 0.29) is 11.4 Å². The first-order valence-corrected chi connectivity index (χ1v) is 4.20. The number of esters is 1. The molecule has 2 atom stereocenters. The topological polar surface area (TPSA) is 111 Å². The number of nitrogens with two attached hydrogens (primary N) is 1. The van der Waals surface area contributed by atoms with E-state index in [0.717, 1.165) is 7.11 Å². The number of carbonyl (C=O) groups excluding carboxylic acids is 1. The van der Waals surface area contributed by atoms with E-state index in [4.69, 9.17) is 5.73 Å². The van der Waals surface area contributed by atoms with Crippen molar-refractivity contribution in [2.24, 2.45) is 7.05 Å². The molecule has 0 aliphatic carbocycles. The second-order valence-corrected chi connectivity index (χ2v) is 3.02.